The van der Waals surface area contributed by atoms with Crippen LogP contribution < -0.4 is 0 Å². The van der Waals surface area contributed by atoms with Crippen molar-refractivity contribution in [2.24, 2.45) is 5.92 Å². The summed E-state index contributed by atoms with van der Waals surface area (Å²) < 4.78 is 23.1. The fourth-order valence-electron chi connectivity index (χ4n) is 0.959. The summed E-state index contributed by atoms with van der Waals surface area (Å²) in [6, 6.07) is 0. The van der Waals surface area contributed by atoms with Gasteiger partial charge in [-0.05, 0) is 5.92 Å². The molecule has 0 unspecified atom stereocenters. The Balaban J connectivity index is 2.41. The molecule has 0 amide bonds. The van der Waals surface area contributed by atoms with Crippen LogP contribution in [0.5, 0.6) is 0 Å². The zero-order valence-corrected chi connectivity index (χ0v) is 8.72. The fraction of sp³-hybridized carbons (Fsp3) is 1.00. The van der Waals surface area contributed by atoms with Crippen LogP contribution in [-0.2, 0) is 7.19 Å². The van der Waals surface area contributed by atoms with Crippen LogP contribution in [0.1, 0.15) is 13.3 Å². The molecule has 60 valence electrons. The summed E-state index contributed by atoms with van der Waals surface area (Å²) in [7, 11) is -2.91. The Morgan fingerprint density at radius 2 is 2.10 bits per heavy atom. The first-order chi connectivity index (χ1) is 4.54. The molecule has 1 rings (SSSR count). The summed E-state index contributed by atoms with van der Waals surface area (Å²) in [5.41, 5.74) is 0. The molecule has 1 saturated heterocycles. The van der Waals surface area contributed by atoms with Gasteiger partial charge in [0.05, 0.1) is 21.2 Å². The first kappa shape index (κ1) is 8.73. The summed E-state index contributed by atoms with van der Waals surface area (Å²) in [6.45, 7) is 3.53. The van der Waals surface area contributed by atoms with Crippen LogP contribution in [0.3, 0.4) is 0 Å². The highest BCUT2D eigenvalue weighted by Gasteiger charge is 2.32. The molecule has 1 heterocycles. The molecule has 0 saturated carbocycles. The maximum absolute atomic E-state index is 10.8. The van der Waals surface area contributed by atoms with E-state index in [1.54, 1.807) is 0 Å². The average Bonchev–Trinajstić information content (AvgIpc) is 1.57. The first-order valence-electron chi connectivity index (χ1n) is 3.23. The van der Waals surface area contributed by atoms with Crippen molar-refractivity contribution in [1.82, 2.24) is 4.31 Å². The van der Waals surface area contributed by atoms with Gasteiger partial charge in [-0.1, -0.05) is 13.3 Å². The number of nitrogens with zero attached hydrogens (tertiary/aromatic N) is 1. The van der Waals surface area contributed by atoms with E-state index < -0.39 is 7.19 Å². The number of hydrogen-bond acceptors (Lipinski definition) is 2. The second-order valence-corrected chi connectivity index (χ2v) is 7.21. The Morgan fingerprint density at radius 3 is 2.40 bits per heavy atom. The van der Waals surface area contributed by atoms with Crippen molar-refractivity contribution in [2.45, 2.75) is 13.3 Å². The quantitative estimate of drug-likeness (QED) is 0.557. The summed E-state index contributed by atoms with van der Waals surface area (Å²) in [5.74, 6) is 0.601. The molecule has 0 aromatic rings. The van der Waals surface area contributed by atoms with Crippen LogP contribution in [0.25, 0.3) is 0 Å². The Morgan fingerprint density at radius 1 is 1.60 bits per heavy atom. The van der Waals surface area contributed by atoms with Crippen molar-refractivity contribution < 1.29 is 8.42 Å². The maximum atomic E-state index is 10.8. The Bertz CT molecular complexity index is 208. The minimum atomic E-state index is -2.91. The molecular formula is C5H10INO2S. The van der Waals surface area contributed by atoms with Crippen LogP contribution in [0.2, 0.25) is 0 Å². The van der Waals surface area contributed by atoms with Gasteiger partial charge >= 0.3 is 0 Å². The molecule has 5 heteroatoms. The average molecular weight is 275 g/mol. The van der Waals surface area contributed by atoms with E-state index in [1.165, 1.54) is 25.5 Å². The maximum Gasteiger partial charge on any atom is 0.267 e. The highest BCUT2D eigenvalue weighted by atomic mass is 127. The van der Waals surface area contributed by atoms with Gasteiger partial charge in [0.2, 0.25) is 0 Å². The fourth-order valence-corrected chi connectivity index (χ4v) is 2.70. The number of rotatable bonds is 2. The van der Waals surface area contributed by atoms with E-state index in [4.69, 9.17) is 0 Å². The Kier molecular flexibility index (Phi) is 2.57. The second kappa shape index (κ2) is 2.94. The third-order valence-corrected chi connectivity index (χ3v) is 4.40. The van der Waals surface area contributed by atoms with Gasteiger partial charge in [-0.3, -0.25) is 0 Å². The van der Waals surface area contributed by atoms with E-state index in [-0.39, 0.29) is 0 Å². The van der Waals surface area contributed by atoms with E-state index in [0.717, 1.165) is 19.5 Å². The third-order valence-electron chi connectivity index (χ3n) is 1.81. The smallest absolute Gasteiger partial charge is 0.201 e. The highest BCUT2D eigenvalue weighted by molar-refractivity contribution is 14.2. The van der Waals surface area contributed by atoms with Crippen LogP contribution in [0.4, 0.5) is 0 Å². The van der Waals surface area contributed by atoms with E-state index in [9.17, 15) is 8.42 Å². The Hall–Kier alpha value is 0.640. The molecule has 1 fully saturated rings. The summed E-state index contributed by atoms with van der Waals surface area (Å²) >= 11 is 1.48. The van der Waals surface area contributed by atoms with Gasteiger partial charge in [0, 0.05) is 13.1 Å². The predicted molar refractivity (Wildman–Crippen MR) is 48.3 cm³/mol. The molecule has 1 aliphatic heterocycles. The minimum Gasteiger partial charge on any atom is -0.201 e. The molecule has 0 aromatic carbocycles. The van der Waals surface area contributed by atoms with Gasteiger partial charge < -0.3 is 0 Å². The van der Waals surface area contributed by atoms with Crippen molar-refractivity contribution in [2.75, 3.05) is 13.1 Å². The zero-order valence-electron chi connectivity index (χ0n) is 5.75. The topological polar surface area (TPSA) is 37.4 Å². The molecule has 0 spiro atoms. The van der Waals surface area contributed by atoms with Crippen molar-refractivity contribution >= 4 is 28.4 Å². The molecule has 0 aliphatic carbocycles. The van der Waals surface area contributed by atoms with Crippen LogP contribution in [0.15, 0.2) is 0 Å². The van der Waals surface area contributed by atoms with Crippen molar-refractivity contribution in [3.8, 4) is 0 Å². The second-order valence-electron chi connectivity index (χ2n) is 2.53. The molecule has 0 atom stereocenters. The molecule has 0 N–H and O–H groups in total. The minimum absolute atomic E-state index is 0.601. The van der Waals surface area contributed by atoms with Crippen molar-refractivity contribution in [3.05, 3.63) is 0 Å². The van der Waals surface area contributed by atoms with Crippen LogP contribution in [0, 0.1) is 5.92 Å². The van der Waals surface area contributed by atoms with Gasteiger partial charge in [-0.25, -0.2) is 8.42 Å². The largest absolute Gasteiger partial charge is 0.267 e. The predicted octanol–water partition coefficient (Wildman–Crippen LogP) is 1.01. The van der Waals surface area contributed by atoms with Crippen molar-refractivity contribution in [1.29, 1.82) is 0 Å². The van der Waals surface area contributed by atoms with Gasteiger partial charge in [-0.2, -0.15) is 4.31 Å². The van der Waals surface area contributed by atoms with E-state index in [1.807, 2.05) is 0 Å². The SMILES string of the molecule is CCC1CN(S(=O)(=O)I)C1. The van der Waals surface area contributed by atoms with Crippen LogP contribution >= 0.6 is 21.2 Å². The van der Waals surface area contributed by atoms with Gasteiger partial charge in [0.1, 0.15) is 0 Å². The molecule has 0 radical (unpaired) electrons. The Labute approximate surface area is 73.4 Å². The lowest BCUT2D eigenvalue weighted by Crippen LogP contribution is -2.47. The lowest BCUT2D eigenvalue weighted by atomic mass is 10.0. The summed E-state index contributed by atoms with van der Waals surface area (Å²) in [5, 5.41) is 0. The summed E-state index contributed by atoms with van der Waals surface area (Å²) in [6.07, 6.45) is 1.09. The van der Waals surface area contributed by atoms with Gasteiger partial charge in [-0.15, -0.1) is 0 Å². The van der Waals surface area contributed by atoms with E-state index in [0.29, 0.717) is 5.92 Å². The molecule has 3 nitrogen and oxygen atoms in total. The molecule has 0 aromatic heterocycles. The molecule has 10 heavy (non-hydrogen) atoms. The molecular weight excluding hydrogens is 265 g/mol. The zero-order chi connectivity index (χ0) is 7.78. The highest BCUT2D eigenvalue weighted by Crippen LogP contribution is 2.24. The van der Waals surface area contributed by atoms with Gasteiger partial charge in [0.25, 0.3) is 7.19 Å². The third kappa shape index (κ3) is 1.82. The normalized spacial score (nSPS) is 22.6. The number of hydrogen-bond donors (Lipinski definition) is 0. The van der Waals surface area contributed by atoms with Crippen molar-refractivity contribution in [3.63, 3.8) is 0 Å². The lowest BCUT2D eigenvalue weighted by molar-refractivity contribution is 0.201. The number of halogens is 1. The lowest BCUT2D eigenvalue weighted by Gasteiger charge is -2.35. The van der Waals surface area contributed by atoms with E-state index >= 15 is 0 Å². The monoisotopic (exact) mass is 275 g/mol. The van der Waals surface area contributed by atoms with E-state index in [2.05, 4.69) is 6.92 Å². The first-order valence-corrected chi connectivity index (χ1v) is 7.22. The molecule has 0 bridgehead atoms. The molecule has 1 aliphatic rings. The van der Waals surface area contributed by atoms with Crippen LogP contribution in [-0.4, -0.2) is 25.8 Å². The standard InChI is InChI=1S/C5H10INO2S/c1-2-5-3-7(4-5)10(6,8)9/h5H,2-4H2,1H3. The van der Waals surface area contributed by atoms with Gasteiger partial charge in [0.15, 0.2) is 0 Å². The summed E-state index contributed by atoms with van der Waals surface area (Å²) in [4.78, 5) is 0.